The lowest BCUT2D eigenvalue weighted by molar-refractivity contribution is 0.270. The van der Waals surface area contributed by atoms with Crippen LogP contribution in [0.15, 0.2) is 10.3 Å². The summed E-state index contributed by atoms with van der Waals surface area (Å²) in [6, 6.07) is 3.04. The zero-order valence-corrected chi connectivity index (χ0v) is 9.42. The van der Waals surface area contributed by atoms with E-state index in [0.29, 0.717) is 6.04 Å². The SMILES string of the molecule is CC(C)N(C)/N=N\C#CC(C)(C)C. The topological polar surface area (TPSA) is 28.0 Å². The molecule has 0 atom stereocenters. The van der Waals surface area contributed by atoms with E-state index in [1.54, 1.807) is 5.01 Å². The van der Waals surface area contributed by atoms with Crippen LogP contribution in [0.4, 0.5) is 0 Å². The van der Waals surface area contributed by atoms with Crippen LogP contribution in [-0.4, -0.2) is 18.1 Å². The molecule has 0 N–H and O–H groups in total. The molecule has 0 aliphatic carbocycles. The summed E-state index contributed by atoms with van der Waals surface area (Å²) in [4.78, 5) is 0. The van der Waals surface area contributed by atoms with Gasteiger partial charge in [-0.1, -0.05) is 16.3 Å². The van der Waals surface area contributed by atoms with Crippen LogP contribution in [0.5, 0.6) is 0 Å². The van der Waals surface area contributed by atoms with Gasteiger partial charge in [-0.2, -0.15) is 0 Å². The van der Waals surface area contributed by atoms with Crippen molar-refractivity contribution in [1.29, 1.82) is 0 Å². The third kappa shape index (κ3) is 7.32. The van der Waals surface area contributed by atoms with E-state index in [1.165, 1.54) is 0 Å². The maximum atomic E-state index is 3.91. The zero-order chi connectivity index (χ0) is 10.5. The van der Waals surface area contributed by atoms with Crippen molar-refractivity contribution < 1.29 is 0 Å². The Balaban J connectivity index is 4.06. The molecule has 3 heteroatoms. The highest BCUT2D eigenvalue weighted by molar-refractivity contribution is 5.05. The molecule has 0 heterocycles. The van der Waals surface area contributed by atoms with E-state index >= 15 is 0 Å². The molecule has 0 fully saturated rings. The van der Waals surface area contributed by atoms with Crippen molar-refractivity contribution >= 4 is 0 Å². The van der Waals surface area contributed by atoms with Gasteiger partial charge in [-0.05, 0) is 34.6 Å². The molecule has 0 aromatic carbocycles. The van der Waals surface area contributed by atoms with Crippen LogP contribution < -0.4 is 0 Å². The Bertz CT molecular complexity index is 225. The van der Waals surface area contributed by atoms with Crippen molar-refractivity contribution in [2.45, 2.75) is 40.7 Å². The predicted octanol–water partition coefficient (Wildman–Crippen LogP) is 2.70. The lowest BCUT2D eigenvalue weighted by Crippen LogP contribution is -2.19. The van der Waals surface area contributed by atoms with Crippen LogP contribution >= 0.6 is 0 Å². The first kappa shape index (κ1) is 12.0. The van der Waals surface area contributed by atoms with Crippen molar-refractivity contribution in [2.75, 3.05) is 7.05 Å². The van der Waals surface area contributed by atoms with Crippen molar-refractivity contribution in [3.8, 4) is 12.0 Å². The largest absolute Gasteiger partial charge is 0.278 e. The minimum atomic E-state index is -0.00454. The summed E-state index contributed by atoms with van der Waals surface area (Å²) in [5, 5.41) is 9.45. The normalized spacial score (nSPS) is 11.6. The predicted molar refractivity (Wildman–Crippen MR) is 55.0 cm³/mol. The smallest absolute Gasteiger partial charge is 0.0599 e. The van der Waals surface area contributed by atoms with E-state index in [2.05, 4.69) is 36.1 Å². The van der Waals surface area contributed by atoms with E-state index in [1.807, 2.05) is 27.8 Å². The van der Waals surface area contributed by atoms with Gasteiger partial charge in [0.25, 0.3) is 0 Å². The summed E-state index contributed by atoms with van der Waals surface area (Å²) in [5.74, 6) is 2.98. The summed E-state index contributed by atoms with van der Waals surface area (Å²) in [5.41, 5.74) is -0.00454. The number of nitrogens with zero attached hydrogens (tertiary/aromatic N) is 3. The third-order valence-electron chi connectivity index (χ3n) is 1.41. The average Bonchev–Trinajstić information content (AvgIpc) is 1.95. The second-order valence-corrected chi connectivity index (χ2v) is 4.34. The maximum absolute atomic E-state index is 3.91. The fraction of sp³-hybridized carbons (Fsp3) is 0.800. The van der Waals surface area contributed by atoms with Gasteiger partial charge in [0.1, 0.15) is 0 Å². The number of hydrogen-bond donors (Lipinski definition) is 0. The van der Waals surface area contributed by atoms with E-state index in [4.69, 9.17) is 0 Å². The average molecular weight is 181 g/mol. The molecule has 0 bridgehead atoms. The molecule has 0 aromatic rings. The quantitative estimate of drug-likeness (QED) is 0.365. The van der Waals surface area contributed by atoms with Crippen LogP contribution in [-0.2, 0) is 0 Å². The van der Waals surface area contributed by atoms with E-state index in [0.717, 1.165) is 0 Å². The fourth-order valence-electron chi connectivity index (χ4n) is 0.389. The molecule has 74 valence electrons. The Hall–Kier alpha value is -1.04. The van der Waals surface area contributed by atoms with Crippen LogP contribution in [0.25, 0.3) is 0 Å². The lowest BCUT2D eigenvalue weighted by atomic mass is 9.99. The summed E-state index contributed by atoms with van der Waals surface area (Å²) in [6.45, 7) is 10.2. The third-order valence-corrected chi connectivity index (χ3v) is 1.41. The first-order valence-corrected chi connectivity index (χ1v) is 4.48. The number of hydrogen-bond acceptors (Lipinski definition) is 2. The highest BCUT2D eigenvalue weighted by Gasteiger charge is 2.03. The zero-order valence-electron chi connectivity index (χ0n) is 9.42. The molecule has 0 aliphatic rings. The highest BCUT2D eigenvalue weighted by Crippen LogP contribution is 2.09. The molecule has 0 aliphatic heterocycles. The second kappa shape index (κ2) is 4.86. The van der Waals surface area contributed by atoms with E-state index in [-0.39, 0.29) is 5.41 Å². The molecule has 13 heavy (non-hydrogen) atoms. The molecular weight excluding hydrogens is 162 g/mol. The Kier molecular flexibility index (Phi) is 4.47. The fourth-order valence-corrected chi connectivity index (χ4v) is 0.389. The second-order valence-electron chi connectivity index (χ2n) is 4.34. The molecule has 0 aromatic heterocycles. The minimum absolute atomic E-state index is 0.00454. The van der Waals surface area contributed by atoms with Crippen LogP contribution in [0, 0.1) is 17.4 Å². The van der Waals surface area contributed by atoms with Gasteiger partial charge in [0.05, 0.1) is 6.04 Å². The Morgan fingerprint density at radius 3 is 2.15 bits per heavy atom. The highest BCUT2D eigenvalue weighted by atomic mass is 15.5. The van der Waals surface area contributed by atoms with Crippen LogP contribution in [0.3, 0.4) is 0 Å². The van der Waals surface area contributed by atoms with Gasteiger partial charge >= 0.3 is 0 Å². The van der Waals surface area contributed by atoms with Crippen molar-refractivity contribution in [2.24, 2.45) is 15.8 Å². The van der Waals surface area contributed by atoms with Crippen LogP contribution in [0.2, 0.25) is 0 Å². The number of rotatable bonds is 2. The summed E-state index contributed by atoms with van der Waals surface area (Å²) >= 11 is 0. The summed E-state index contributed by atoms with van der Waals surface area (Å²) in [7, 11) is 1.88. The Morgan fingerprint density at radius 2 is 1.77 bits per heavy atom. The van der Waals surface area contributed by atoms with Gasteiger partial charge in [0.15, 0.2) is 0 Å². The molecule has 0 radical (unpaired) electrons. The molecular formula is C10H19N3. The molecule has 3 nitrogen and oxygen atoms in total. The van der Waals surface area contributed by atoms with Gasteiger partial charge in [0, 0.05) is 18.5 Å². The van der Waals surface area contributed by atoms with E-state index < -0.39 is 0 Å². The van der Waals surface area contributed by atoms with Gasteiger partial charge in [-0.3, -0.25) is 5.01 Å². The minimum Gasteiger partial charge on any atom is -0.278 e. The molecule has 0 rings (SSSR count). The molecule has 0 saturated heterocycles. The summed E-state index contributed by atoms with van der Waals surface area (Å²) < 4.78 is 0. The standard InChI is InChI=1S/C10H19N3/c1-9(2)13(6)12-11-8-7-10(3,4)5/h9H,1-6H3/b12-11-. The first-order valence-electron chi connectivity index (χ1n) is 4.48. The van der Waals surface area contributed by atoms with E-state index in [9.17, 15) is 0 Å². The van der Waals surface area contributed by atoms with Crippen molar-refractivity contribution in [3.05, 3.63) is 0 Å². The van der Waals surface area contributed by atoms with Crippen molar-refractivity contribution in [3.63, 3.8) is 0 Å². The van der Waals surface area contributed by atoms with Gasteiger partial charge in [0.2, 0.25) is 0 Å². The van der Waals surface area contributed by atoms with Gasteiger partial charge in [-0.25, -0.2) is 0 Å². The molecule has 0 spiro atoms. The monoisotopic (exact) mass is 181 g/mol. The molecule has 0 unspecified atom stereocenters. The summed E-state index contributed by atoms with van der Waals surface area (Å²) in [6.07, 6.45) is 0. The van der Waals surface area contributed by atoms with Gasteiger partial charge < -0.3 is 0 Å². The molecule has 0 saturated carbocycles. The van der Waals surface area contributed by atoms with Gasteiger partial charge in [-0.15, -0.1) is 0 Å². The molecule has 0 amide bonds. The Morgan fingerprint density at radius 1 is 1.23 bits per heavy atom. The van der Waals surface area contributed by atoms with Crippen LogP contribution in [0.1, 0.15) is 34.6 Å². The van der Waals surface area contributed by atoms with Crippen molar-refractivity contribution in [1.82, 2.24) is 5.01 Å². The Labute approximate surface area is 81.2 Å². The lowest BCUT2D eigenvalue weighted by Gasteiger charge is -2.13. The maximum Gasteiger partial charge on any atom is 0.0599 e. The first-order chi connectivity index (χ1) is 5.83.